The Morgan fingerprint density at radius 1 is 1.52 bits per heavy atom. The second-order valence-corrected chi connectivity index (χ2v) is 5.28. The molecule has 2 N–H and O–H groups in total. The molecule has 1 amide bonds. The number of amides is 1. The fraction of sp³-hybridized carbons (Fsp3) is 0.429. The van der Waals surface area contributed by atoms with E-state index >= 15 is 0 Å². The Morgan fingerprint density at radius 2 is 2.24 bits per heavy atom. The highest BCUT2D eigenvalue weighted by molar-refractivity contribution is 6.32. The molecule has 0 aromatic heterocycles. The van der Waals surface area contributed by atoms with Crippen LogP contribution in [0, 0.1) is 5.92 Å². The molecule has 1 atom stereocenters. The molecule has 114 valence electrons. The average Bonchev–Trinajstić information content (AvgIpc) is 2.77. The first kappa shape index (κ1) is 15.4. The summed E-state index contributed by atoms with van der Waals surface area (Å²) >= 11 is 5.93. The van der Waals surface area contributed by atoms with Crippen molar-refractivity contribution in [1.82, 2.24) is 4.90 Å². The minimum atomic E-state index is -0.968. The summed E-state index contributed by atoms with van der Waals surface area (Å²) in [5.41, 5.74) is 0.681. The van der Waals surface area contributed by atoms with Crippen molar-refractivity contribution in [3.05, 3.63) is 22.7 Å². The van der Waals surface area contributed by atoms with E-state index in [0.717, 1.165) is 0 Å². The van der Waals surface area contributed by atoms with Crippen LogP contribution in [0.15, 0.2) is 12.1 Å². The van der Waals surface area contributed by atoms with E-state index < -0.39 is 11.9 Å². The van der Waals surface area contributed by atoms with Crippen LogP contribution in [0.25, 0.3) is 0 Å². The van der Waals surface area contributed by atoms with Gasteiger partial charge in [-0.3, -0.25) is 9.59 Å². The maximum absolute atomic E-state index is 11.8. The van der Waals surface area contributed by atoms with E-state index in [0.29, 0.717) is 12.2 Å². The molecule has 7 heteroatoms. The summed E-state index contributed by atoms with van der Waals surface area (Å²) in [5, 5.41) is 18.9. The Hall–Kier alpha value is -1.95. The molecule has 1 saturated heterocycles. The van der Waals surface area contributed by atoms with Crippen molar-refractivity contribution in [3.63, 3.8) is 0 Å². The second-order valence-electron chi connectivity index (χ2n) is 4.87. The number of carboxylic acids is 1. The number of phenolic OH excluding ortho intramolecular Hbond substituents is 1. The highest BCUT2D eigenvalue weighted by Gasteiger charge is 2.34. The fourth-order valence-electron chi connectivity index (χ4n) is 2.29. The molecular formula is C14H16ClNO5. The maximum Gasteiger partial charge on any atom is 0.308 e. The van der Waals surface area contributed by atoms with Gasteiger partial charge in [-0.1, -0.05) is 11.6 Å². The number of likely N-dealkylation sites (tertiary alicyclic amines) is 1. The molecule has 0 saturated carbocycles. The van der Waals surface area contributed by atoms with Gasteiger partial charge in [0.05, 0.1) is 17.5 Å². The number of carbonyl (C=O) groups is 2. The molecule has 1 aliphatic rings. The molecule has 0 spiro atoms. The zero-order chi connectivity index (χ0) is 15.6. The molecule has 1 aromatic rings. The van der Waals surface area contributed by atoms with Crippen molar-refractivity contribution in [2.75, 3.05) is 13.2 Å². The molecule has 1 aliphatic heterocycles. The van der Waals surface area contributed by atoms with Gasteiger partial charge in [-0.2, -0.15) is 0 Å². The number of hydrogen-bond acceptors (Lipinski definition) is 4. The number of benzene rings is 1. The molecule has 0 bridgehead atoms. The van der Waals surface area contributed by atoms with E-state index in [1.807, 2.05) is 0 Å². The number of ether oxygens (including phenoxy) is 1. The van der Waals surface area contributed by atoms with Crippen molar-refractivity contribution in [1.29, 1.82) is 0 Å². The van der Waals surface area contributed by atoms with Crippen LogP contribution in [0.5, 0.6) is 11.5 Å². The van der Waals surface area contributed by atoms with Crippen LogP contribution in [0.4, 0.5) is 0 Å². The predicted molar refractivity (Wildman–Crippen MR) is 75.4 cm³/mol. The average molecular weight is 314 g/mol. The third-order valence-corrected chi connectivity index (χ3v) is 3.61. The molecule has 1 fully saturated rings. The first-order chi connectivity index (χ1) is 9.92. The molecule has 6 nitrogen and oxygen atoms in total. The monoisotopic (exact) mass is 313 g/mol. The van der Waals surface area contributed by atoms with E-state index in [1.165, 1.54) is 4.90 Å². The van der Waals surface area contributed by atoms with Crippen LogP contribution in [0.2, 0.25) is 5.02 Å². The van der Waals surface area contributed by atoms with Gasteiger partial charge in [-0.05, 0) is 24.6 Å². The topological polar surface area (TPSA) is 87.1 Å². The first-order valence-electron chi connectivity index (χ1n) is 6.57. The van der Waals surface area contributed by atoms with Gasteiger partial charge in [0.15, 0.2) is 11.5 Å². The molecule has 2 rings (SSSR count). The standard InChI is InChI=1S/C14H16ClNO5/c1-2-21-11-4-8(3-10(15)13(11)18)6-16-7-9(14(19)20)5-12(16)17/h3-4,9,18H,2,5-7H2,1H3,(H,19,20). The normalized spacial score (nSPS) is 18.1. The number of halogens is 1. The summed E-state index contributed by atoms with van der Waals surface area (Å²) in [6.07, 6.45) is 0.0134. The molecule has 0 aliphatic carbocycles. The predicted octanol–water partition coefficient (Wildman–Crippen LogP) is 1.88. The number of phenols is 1. The van der Waals surface area contributed by atoms with Gasteiger partial charge in [-0.15, -0.1) is 0 Å². The van der Waals surface area contributed by atoms with Gasteiger partial charge in [0.2, 0.25) is 5.91 Å². The van der Waals surface area contributed by atoms with E-state index in [4.69, 9.17) is 21.4 Å². The Labute approximate surface area is 126 Å². The lowest BCUT2D eigenvalue weighted by atomic mass is 10.1. The van der Waals surface area contributed by atoms with Gasteiger partial charge in [0.25, 0.3) is 0 Å². The summed E-state index contributed by atoms with van der Waals surface area (Å²) in [6.45, 7) is 2.57. The van der Waals surface area contributed by atoms with Crippen LogP contribution in [-0.2, 0) is 16.1 Å². The van der Waals surface area contributed by atoms with Gasteiger partial charge >= 0.3 is 5.97 Å². The largest absolute Gasteiger partial charge is 0.503 e. The summed E-state index contributed by atoms with van der Waals surface area (Å²) < 4.78 is 5.28. The van der Waals surface area contributed by atoms with E-state index in [2.05, 4.69) is 0 Å². The molecule has 1 unspecified atom stereocenters. The fourth-order valence-corrected chi connectivity index (χ4v) is 2.53. The number of rotatable bonds is 5. The molecule has 1 aromatic carbocycles. The number of nitrogens with zero attached hydrogens (tertiary/aromatic N) is 1. The number of carbonyl (C=O) groups excluding carboxylic acids is 1. The Morgan fingerprint density at radius 3 is 2.81 bits per heavy atom. The minimum Gasteiger partial charge on any atom is -0.503 e. The Kier molecular flexibility index (Phi) is 4.57. The molecule has 1 heterocycles. The van der Waals surface area contributed by atoms with E-state index in [-0.39, 0.29) is 41.9 Å². The van der Waals surface area contributed by atoms with Crippen molar-refractivity contribution in [3.8, 4) is 11.5 Å². The van der Waals surface area contributed by atoms with Crippen LogP contribution < -0.4 is 4.74 Å². The zero-order valence-corrected chi connectivity index (χ0v) is 12.3. The quantitative estimate of drug-likeness (QED) is 0.866. The molecule has 0 radical (unpaired) electrons. The summed E-state index contributed by atoms with van der Waals surface area (Å²) in [7, 11) is 0. The highest BCUT2D eigenvalue weighted by Crippen LogP contribution is 2.36. The first-order valence-corrected chi connectivity index (χ1v) is 6.95. The van der Waals surface area contributed by atoms with Crippen LogP contribution in [-0.4, -0.2) is 40.1 Å². The van der Waals surface area contributed by atoms with E-state index in [9.17, 15) is 14.7 Å². The lowest BCUT2D eigenvalue weighted by Gasteiger charge is -2.17. The SMILES string of the molecule is CCOc1cc(CN2CC(C(=O)O)CC2=O)cc(Cl)c1O. The number of carboxylic acid groups (broad SMARTS) is 1. The minimum absolute atomic E-state index is 0.0134. The number of hydrogen-bond donors (Lipinski definition) is 2. The molecular weight excluding hydrogens is 298 g/mol. The third kappa shape index (κ3) is 3.39. The number of aliphatic carboxylic acids is 1. The summed E-state index contributed by atoms with van der Waals surface area (Å²) in [6, 6.07) is 3.15. The van der Waals surface area contributed by atoms with Gasteiger partial charge in [0, 0.05) is 19.5 Å². The highest BCUT2D eigenvalue weighted by atomic mass is 35.5. The summed E-state index contributed by atoms with van der Waals surface area (Å²) in [5.74, 6) is -1.73. The zero-order valence-electron chi connectivity index (χ0n) is 11.5. The Balaban J connectivity index is 2.16. The van der Waals surface area contributed by atoms with Crippen molar-refractivity contribution in [2.24, 2.45) is 5.92 Å². The number of aromatic hydroxyl groups is 1. The maximum atomic E-state index is 11.8. The Bertz CT molecular complexity index is 575. The third-order valence-electron chi connectivity index (χ3n) is 3.33. The van der Waals surface area contributed by atoms with Gasteiger partial charge in [-0.25, -0.2) is 0 Å². The summed E-state index contributed by atoms with van der Waals surface area (Å²) in [4.78, 5) is 24.2. The molecule has 21 heavy (non-hydrogen) atoms. The van der Waals surface area contributed by atoms with Crippen molar-refractivity contribution >= 4 is 23.5 Å². The second kappa shape index (κ2) is 6.22. The van der Waals surface area contributed by atoms with Crippen molar-refractivity contribution < 1.29 is 24.5 Å². The lowest BCUT2D eigenvalue weighted by molar-refractivity contribution is -0.141. The smallest absolute Gasteiger partial charge is 0.308 e. The lowest BCUT2D eigenvalue weighted by Crippen LogP contribution is -2.25. The van der Waals surface area contributed by atoms with Crippen molar-refractivity contribution in [2.45, 2.75) is 19.9 Å². The van der Waals surface area contributed by atoms with Crippen LogP contribution in [0.1, 0.15) is 18.9 Å². The van der Waals surface area contributed by atoms with Gasteiger partial charge in [0.1, 0.15) is 0 Å². The van der Waals surface area contributed by atoms with E-state index in [1.54, 1.807) is 19.1 Å². The van der Waals surface area contributed by atoms with Crippen LogP contribution in [0.3, 0.4) is 0 Å². The van der Waals surface area contributed by atoms with Crippen LogP contribution >= 0.6 is 11.6 Å². The van der Waals surface area contributed by atoms with Gasteiger partial charge < -0.3 is 19.8 Å².